The number of rotatable bonds is 8. The summed E-state index contributed by atoms with van der Waals surface area (Å²) in [4.78, 5) is 14.9. The lowest BCUT2D eigenvalue weighted by molar-refractivity contribution is 0.0973. The third kappa shape index (κ3) is 5.05. The van der Waals surface area contributed by atoms with Crippen LogP contribution in [0.4, 0.5) is 4.39 Å². The Labute approximate surface area is 193 Å². The SMILES string of the molecule is O=C(NS(=O)(=O)N1CCC1)c1cc(C2CC2)c(O[C@H]2CCN(Cc3ccccc3)C2)cc1F. The van der Waals surface area contributed by atoms with Gasteiger partial charge >= 0.3 is 10.2 Å². The maximum absolute atomic E-state index is 14.9. The number of halogens is 1. The highest BCUT2D eigenvalue weighted by atomic mass is 32.2. The van der Waals surface area contributed by atoms with Gasteiger partial charge in [0.1, 0.15) is 17.7 Å². The van der Waals surface area contributed by atoms with Crippen LogP contribution in [0.5, 0.6) is 5.75 Å². The molecule has 2 saturated heterocycles. The summed E-state index contributed by atoms with van der Waals surface area (Å²) >= 11 is 0. The van der Waals surface area contributed by atoms with E-state index in [1.165, 1.54) is 22.0 Å². The van der Waals surface area contributed by atoms with Crippen molar-refractivity contribution in [3.05, 3.63) is 65.0 Å². The zero-order valence-electron chi connectivity index (χ0n) is 18.4. The molecule has 1 saturated carbocycles. The van der Waals surface area contributed by atoms with Crippen molar-refractivity contribution in [2.24, 2.45) is 0 Å². The van der Waals surface area contributed by atoms with E-state index in [1.54, 1.807) is 0 Å². The normalized spacial score (nSPS) is 21.5. The Kier molecular flexibility index (Phi) is 6.11. The zero-order chi connectivity index (χ0) is 23.0. The molecule has 176 valence electrons. The van der Waals surface area contributed by atoms with Crippen molar-refractivity contribution < 1.29 is 22.3 Å². The molecule has 0 bridgehead atoms. The molecule has 7 nitrogen and oxygen atoms in total. The van der Waals surface area contributed by atoms with Crippen LogP contribution in [0.25, 0.3) is 0 Å². The number of carbonyl (C=O) groups is 1. The number of hydrogen-bond donors (Lipinski definition) is 1. The summed E-state index contributed by atoms with van der Waals surface area (Å²) in [6, 6.07) is 13.0. The van der Waals surface area contributed by atoms with Crippen LogP contribution in [0.1, 0.15) is 53.1 Å². The Bertz CT molecular complexity index is 1130. The number of ether oxygens (including phenoxy) is 1. The average Bonchev–Trinajstić information content (AvgIpc) is 3.47. The van der Waals surface area contributed by atoms with Crippen molar-refractivity contribution >= 4 is 16.1 Å². The number of amides is 1. The lowest BCUT2D eigenvalue weighted by atomic mass is 10.0. The number of likely N-dealkylation sites (tertiary alicyclic amines) is 1. The monoisotopic (exact) mass is 473 g/mol. The largest absolute Gasteiger partial charge is 0.489 e. The van der Waals surface area contributed by atoms with Gasteiger partial charge in [0.25, 0.3) is 5.91 Å². The van der Waals surface area contributed by atoms with E-state index in [1.807, 2.05) is 22.9 Å². The Morgan fingerprint density at radius 1 is 1.09 bits per heavy atom. The van der Waals surface area contributed by atoms with Gasteiger partial charge in [0.05, 0.1) is 5.56 Å². The van der Waals surface area contributed by atoms with Crippen LogP contribution in [0, 0.1) is 5.82 Å². The molecule has 2 aromatic carbocycles. The quantitative estimate of drug-likeness (QED) is 0.638. The van der Waals surface area contributed by atoms with Crippen molar-refractivity contribution in [3.63, 3.8) is 0 Å². The van der Waals surface area contributed by atoms with Crippen LogP contribution < -0.4 is 9.46 Å². The van der Waals surface area contributed by atoms with E-state index in [9.17, 15) is 17.6 Å². The predicted octanol–water partition coefficient (Wildman–Crippen LogP) is 3.04. The van der Waals surface area contributed by atoms with E-state index >= 15 is 0 Å². The Morgan fingerprint density at radius 3 is 2.52 bits per heavy atom. The average molecular weight is 474 g/mol. The number of benzene rings is 2. The number of nitrogens with one attached hydrogen (secondary N) is 1. The predicted molar refractivity (Wildman–Crippen MR) is 122 cm³/mol. The van der Waals surface area contributed by atoms with E-state index in [4.69, 9.17) is 4.74 Å². The molecule has 1 atom stereocenters. The third-order valence-corrected chi connectivity index (χ3v) is 8.00. The van der Waals surface area contributed by atoms with Crippen molar-refractivity contribution in [3.8, 4) is 5.75 Å². The molecule has 33 heavy (non-hydrogen) atoms. The Morgan fingerprint density at radius 2 is 1.85 bits per heavy atom. The molecule has 1 amide bonds. The molecule has 2 aliphatic heterocycles. The van der Waals surface area contributed by atoms with Crippen LogP contribution in [-0.4, -0.2) is 55.8 Å². The number of hydrogen-bond acceptors (Lipinski definition) is 5. The summed E-state index contributed by atoms with van der Waals surface area (Å²) < 4.78 is 48.8. The van der Waals surface area contributed by atoms with Gasteiger partial charge in [0.2, 0.25) is 0 Å². The lowest BCUT2D eigenvalue weighted by Crippen LogP contribution is -2.49. The second kappa shape index (κ2) is 9.04. The maximum Gasteiger partial charge on any atom is 0.304 e. The van der Waals surface area contributed by atoms with Crippen molar-refractivity contribution in [1.82, 2.24) is 13.9 Å². The van der Waals surface area contributed by atoms with Gasteiger partial charge in [0.15, 0.2) is 0 Å². The first kappa shape index (κ1) is 22.3. The van der Waals surface area contributed by atoms with Gasteiger partial charge in [0, 0.05) is 38.8 Å². The molecule has 0 aromatic heterocycles. The zero-order valence-corrected chi connectivity index (χ0v) is 19.2. The first-order valence-electron chi connectivity index (χ1n) is 11.5. The molecule has 9 heteroatoms. The van der Waals surface area contributed by atoms with Crippen molar-refractivity contribution in [2.75, 3.05) is 26.2 Å². The van der Waals surface area contributed by atoms with Crippen molar-refractivity contribution in [1.29, 1.82) is 0 Å². The van der Waals surface area contributed by atoms with Gasteiger partial charge in [-0.1, -0.05) is 30.3 Å². The molecule has 2 heterocycles. The fourth-order valence-electron chi connectivity index (χ4n) is 4.38. The van der Waals surface area contributed by atoms with Crippen LogP contribution >= 0.6 is 0 Å². The van der Waals surface area contributed by atoms with E-state index in [-0.39, 0.29) is 17.6 Å². The summed E-state index contributed by atoms with van der Waals surface area (Å²) in [6.07, 6.45) is 3.43. The molecular formula is C24H28FN3O4S. The maximum atomic E-state index is 14.9. The number of carbonyl (C=O) groups excluding carboxylic acids is 1. The van der Waals surface area contributed by atoms with Crippen LogP contribution in [0.15, 0.2) is 42.5 Å². The molecule has 3 fully saturated rings. The Balaban J connectivity index is 1.28. The smallest absolute Gasteiger partial charge is 0.304 e. The summed E-state index contributed by atoms with van der Waals surface area (Å²) in [6.45, 7) is 3.23. The van der Waals surface area contributed by atoms with Crippen LogP contribution in [0.2, 0.25) is 0 Å². The van der Waals surface area contributed by atoms with E-state index in [0.29, 0.717) is 18.8 Å². The van der Waals surface area contributed by atoms with E-state index in [0.717, 1.165) is 50.9 Å². The van der Waals surface area contributed by atoms with Gasteiger partial charge in [-0.3, -0.25) is 9.69 Å². The van der Waals surface area contributed by atoms with Gasteiger partial charge in [-0.05, 0) is 48.8 Å². The minimum Gasteiger partial charge on any atom is -0.489 e. The van der Waals surface area contributed by atoms with Gasteiger partial charge in [-0.15, -0.1) is 0 Å². The topological polar surface area (TPSA) is 79.0 Å². The Hall–Kier alpha value is -2.49. The van der Waals surface area contributed by atoms with E-state index < -0.39 is 21.9 Å². The third-order valence-electron chi connectivity index (χ3n) is 6.51. The van der Waals surface area contributed by atoms with Gasteiger partial charge < -0.3 is 4.74 Å². The highest BCUT2D eigenvalue weighted by molar-refractivity contribution is 7.87. The summed E-state index contributed by atoms with van der Waals surface area (Å²) in [5.74, 6) is -1.04. The first-order valence-corrected chi connectivity index (χ1v) is 12.9. The minimum atomic E-state index is -3.94. The fourth-order valence-corrected chi connectivity index (χ4v) is 5.60. The molecule has 1 N–H and O–H groups in total. The first-order chi connectivity index (χ1) is 15.9. The summed E-state index contributed by atoms with van der Waals surface area (Å²) in [5, 5.41) is 0. The number of nitrogens with zero attached hydrogens (tertiary/aromatic N) is 2. The summed E-state index contributed by atoms with van der Waals surface area (Å²) in [7, 11) is -3.94. The second-order valence-electron chi connectivity index (χ2n) is 9.08. The molecule has 0 radical (unpaired) electrons. The lowest BCUT2D eigenvalue weighted by Gasteiger charge is -2.29. The molecule has 0 unspecified atom stereocenters. The molecule has 0 spiro atoms. The molecule has 2 aromatic rings. The standard InChI is InChI=1S/C24H28FN3O4S/c25-22-14-23(32-19-9-12-27(16-19)15-17-5-2-1-3-6-17)20(18-7-8-18)13-21(22)24(29)26-33(30,31)28-10-4-11-28/h1-3,5-6,13-14,18-19H,4,7-12,15-16H2,(H,26,29)/t19-/m0/s1. The van der Waals surface area contributed by atoms with Gasteiger partial charge in [-0.25, -0.2) is 9.11 Å². The van der Waals surface area contributed by atoms with Crippen LogP contribution in [0.3, 0.4) is 0 Å². The minimum absolute atomic E-state index is 0.0583. The molecule has 1 aliphatic carbocycles. The van der Waals surface area contributed by atoms with Crippen LogP contribution in [-0.2, 0) is 16.8 Å². The van der Waals surface area contributed by atoms with Gasteiger partial charge in [-0.2, -0.15) is 12.7 Å². The van der Waals surface area contributed by atoms with E-state index in [2.05, 4.69) is 17.0 Å². The van der Waals surface area contributed by atoms with Crippen molar-refractivity contribution in [2.45, 2.75) is 44.2 Å². The highest BCUT2D eigenvalue weighted by Gasteiger charge is 2.34. The molecular weight excluding hydrogens is 445 g/mol. The highest BCUT2D eigenvalue weighted by Crippen LogP contribution is 2.45. The fraction of sp³-hybridized carbons (Fsp3) is 0.458. The second-order valence-corrected chi connectivity index (χ2v) is 10.8. The molecule has 5 rings (SSSR count). The molecule has 3 aliphatic rings. The summed E-state index contributed by atoms with van der Waals surface area (Å²) in [5.41, 5.74) is 1.77.